The quantitative estimate of drug-likeness (QED) is 0.545. The van der Waals surface area contributed by atoms with E-state index in [-0.39, 0.29) is 0 Å². The third kappa shape index (κ3) is 1.51. The molecule has 2 unspecified atom stereocenters. The molecule has 1 heterocycles. The summed E-state index contributed by atoms with van der Waals surface area (Å²) in [6.07, 6.45) is 5.87. The van der Waals surface area contributed by atoms with Gasteiger partial charge in [0.05, 0.1) is 0 Å². The minimum absolute atomic E-state index is 0.926. The monoisotopic (exact) mass is 141 g/mol. The second-order valence-electron chi connectivity index (χ2n) is 3.04. The molecule has 2 aliphatic rings. The first-order valence-corrected chi connectivity index (χ1v) is 4.70. The van der Waals surface area contributed by atoms with E-state index in [0.29, 0.717) is 0 Å². The highest BCUT2D eigenvalue weighted by Crippen LogP contribution is 2.31. The smallest absolute Gasteiger partial charge is 0.00958 e. The van der Waals surface area contributed by atoms with E-state index in [1.54, 1.807) is 0 Å². The summed E-state index contributed by atoms with van der Waals surface area (Å²) < 4.78 is 0. The van der Waals surface area contributed by atoms with Crippen LogP contribution in [0, 0.1) is 5.92 Å². The van der Waals surface area contributed by atoms with Crippen molar-refractivity contribution < 1.29 is 0 Å². The molecular weight excluding hydrogens is 122 g/mol. The molecule has 0 aromatic rings. The maximum atomic E-state index is 3.52. The Labute approximate surface area is 64.2 Å². The second-order valence-corrected chi connectivity index (χ2v) is 3.04. The lowest BCUT2D eigenvalue weighted by atomic mass is 10.1. The Kier molecular flexibility index (Phi) is 3.20. The fraction of sp³-hybridized carbons (Fsp3) is 1.00. The molecule has 1 aliphatic carbocycles. The van der Waals surface area contributed by atoms with Crippen molar-refractivity contribution in [2.75, 3.05) is 6.54 Å². The Morgan fingerprint density at radius 2 is 1.90 bits per heavy atom. The van der Waals surface area contributed by atoms with Gasteiger partial charge in [-0.25, -0.2) is 0 Å². The van der Waals surface area contributed by atoms with Gasteiger partial charge in [-0.2, -0.15) is 0 Å². The molecule has 1 aliphatic heterocycles. The van der Waals surface area contributed by atoms with Crippen molar-refractivity contribution in [1.82, 2.24) is 5.32 Å². The van der Waals surface area contributed by atoms with Crippen LogP contribution in [-0.4, -0.2) is 12.6 Å². The molecule has 1 saturated carbocycles. The maximum Gasteiger partial charge on any atom is 0.00958 e. The summed E-state index contributed by atoms with van der Waals surface area (Å²) in [4.78, 5) is 0. The van der Waals surface area contributed by atoms with Crippen LogP contribution in [-0.2, 0) is 0 Å². The minimum atomic E-state index is 0.926. The second kappa shape index (κ2) is 3.97. The van der Waals surface area contributed by atoms with Gasteiger partial charge in [-0.15, -0.1) is 0 Å². The van der Waals surface area contributed by atoms with E-state index in [1.165, 1.54) is 32.2 Å². The lowest BCUT2D eigenvalue weighted by Crippen LogP contribution is -2.21. The van der Waals surface area contributed by atoms with Crippen molar-refractivity contribution in [3.05, 3.63) is 0 Å². The van der Waals surface area contributed by atoms with Gasteiger partial charge in [0.25, 0.3) is 0 Å². The SMILES string of the molecule is C1CC2CCNC2C1.CC. The summed E-state index contributed by atoms with van der Waals surface area (Å²) in [6.45, 7) is 5.29. The third-order valence-corrected chi connectivity index (χ3v) is 2.58. The Hall–Kier alpha value is -0.0400. The number of hydrogen-bond acceptors (Lipinski definition) is 1. The van der Waals surface area contributed by atoms with E-state index in [0.717, 1.165) is 12.0 Å². The standard InChI is InChI=1S/C7H13N.C2H6/c1-2-6-4-5-8-7(6)3-1;1-2/h6-8H,1-5H2;1-2H3. The first-order chi connectivity index (χ1) is 4.97. The Bertz CT molecular complexity index is 70.7. The molecule has 0 amide bonds. The van der Waals surface area contributed by atoms with Crippen molar-refractivity contribution in [3.8, 4) is 0 Å². The predicted octanol–water partition coefficient (Wildman–Crippen LogP) is 2.17. The van der Waals surface area contributed by atoms with Crippen LogP contribution in [0.25, 0.3) is 0 Å². The van der Waals surface area contributed by atoms with E-state index in [4.69, 9.17) is 0 Å². The highest BCUT2D eigenvalue weighted by molar-refractivity contribution is 4.88. The van der Waals surface area contributed by atoms with Crippen LogP contribution in [0.3, 0.4) is 0 Å². The molecule has 2 rings (SSSR count). The molecule has 0 bridgehead atoms. The molecule has 2 atom stereocenters. The molecular formula is C9H19N. The zero-order valence-corrected chi connectivity index (χ0v) is 7.19. The zero-order valence-electron chi connectivity index (χ0n) is 7.19. The predicted molar refractivity (Wildman–Crippen MR) is 45.1 cm³/mol. The van der Waals surface area contributed by atoms with Crippen molar-refractivity contribution in [3.63, 3.8) is 0 Å². The van der Waals surface area contributed by atoms with Crippen LogP contribution in [0.5, 0.6) is 0 Å². The van der Waals surface area contributed by atoms with E-state index >= 15 is 0 Å². The van der Waals surface area contributed by atoms with Crippen LogP contribution in [0.2, 0.25) is 0 Å². The molecule has 1 N–H and O–H groups in total. The summed E-state index contributed by atoms with van der Waals surface area (Å²) >= 11 is 0. The first kappa shape index (κ1) is 8.06. The van der Waals surface area contributed by atoms with Gasteiger partial charge in [0, 0.05) is 6.04 Å². The van der Waals surface area contributed by atoms with Crippen molar-refractivity contribution in [2.45, 2.75) is 45.6 Å². The Balaban J connectivity index is 0.000000231. The molecule has 1 saturated heterocycles. The minimum Gasteiger partial charge on any atom is -0.314 e. The number of nitrogens with one attached hydrogen (secondary N) is 1. The lowest BCUT2D eigenvalue weighted by molar-refractivity contribution is 0.518. The van der Waals surface area contributed by atoms with Crippen LogP contribution in [0.4, 0.5) is 0 Å². The molecule has 2 fully saturated rings. The summed E-state index contributed by atoms with van der Waals surface area (Å²) in [7, 11) is 0. The van der Waals surface area contributed by atoms with Crippen LogP contribution in [0.15, 0.2) is 0 Å². The van der Waals surface area contributed by atoms with E-state index < -0.39 is 0 Å². The van der Waals surface area contributed by atoms with Gasteiger partial charge in [0.2, 0.25) is 0 Å². The van der Waals surface area contributed by atoms with Gasteiger partial charge in [0.15, 0.2) is 0 Å². The van der Waals surface area contributed by atoms with E-state index in [2.05, 4.69) is 5.32 Å². The molecule has 0 aromatic carbocycles. The maximum absolute atomic E-state index is 3.52. The fourth-order valence-electron chi connectivity index (χ4n) is 2.11. The molecule has 60 valence electrons. The topological polar surface area (TPSA) is 12.0 Å². The van der Waals surface area contributed by atoms with Gasteiger partial charge in [-0.05, 0) is 31.7 Å². The van der Waals surface area contributed by atoms with Gasteiger partial charge in [-0.3, -0.25) is 0 Å². The van der Waals surface area contributed by atoms with Crippen LogP contribution in [0.1, 0.15) is 39.5 Å². The summed E-state index contributed by atoms with van der Waals surface area (Å²) in [6, 6.07) is 0.926. The molecule has 1 nitrogen and oxygen atoms in total. The van der Waals surface area contributed by atoms with Gasteiger partial charge in [0.1, 0.15) is 0 Å². The summed E-state index contributed by atoms with van der Waals surface area (Å²) in [5.41, 5.74) is 0. The van der Waals surface area contributed by atoms with Gasteiger partial charge < -0.3 is 5.32 Å². The van der Waals surface area contributed by atoms with Crippen molar-refractivity contribution >= 4 is 0 Å². The number of hydrogen-bond donors (Lipinski definition) is 1. The van der Waals surface area contributed by atoms with Crippen molar-refractivity contribution in [1.29, 1.82) is 0 Å². The molecule has 0 spiro atoms. The van der Waals surface area contributed by atoms with E-state index in [9.17, 15) is 0 Å². The Morgan fingerprint density at radius 1 is 1.10 bits per heavy atom. The van der Waals surface area contributed by atoms with E-state index in [1.807, 2.05) is 13.8 Å². The largest absolute Gasteiger partial charge is 0.314 e. The third-order valence-electron chi connectivity index (χ3n) is 2.58. The molecule has 1 heteroatoms. The molecule has 0 radical (unpaired) electrons. The normalized spacial score (nSPS) is 36.6. The molecule has 10 heavy (non-hydrogen) atoms. The van der Waals surface area contributed by atoms with Crippen molar-refractivity contribution in [2.24, 2.45) is 5.92 Å². The summed E-state index contributed by atoms with van der Waals surface area (Å²) in [5.74, 6) is 1.06. The highest BCUT2D eigenvalue weighted by atomic mass is 15.0. The zero-order chi connectivity index (χ0) is 7.40. The average molecular weight is 141 g/mol. The van der Waals surface area contributed by atoms with Crippen LogP contribution < -0.4 is 5.32 Å². The van der Waals surface area contributed by atoms with Gasteiger partial charge in [-0.1, -0.05) is 20.3 Å². The molecule has 0 aromatic heterocycles. The Morgan fingerprint density at radius 3 is 2.60 bits per heavy atom. The summed E-state index contributed by atoms with van der Waals surface area (Å²) in [5, 5.41) is 3.52. The highest BCUT2D eigenvalue weighted by Gasteiger charge is 2.30. The lowest BCUT2D eigenvalue weighted by Gasteiger charge is -2.05. The number of fused-ring (bicyclic) bond motifs is 1. The van der Waals surface area contributed by atoms with Crippen LogP contribution >= 0.6 is 0 Å². The average Bonchev–Trinajstić information content (AvgIpc) is 2.49. The number of rotatable bonds is 0. The van der Waals surface area contributed by atoms with Gasteiger partial charge >= 0.3 is 0 Å². The first-order valence-electron chi connectivity index (χ1n) is 4.70. The fourth-order valence-corrected chi connectivity index (χ4v) is 2.11.